The molecule has 0 bridgehead atoms. The first-order chi connectivity index (χ1) is 12.6. The Morgan fingerprint density at radius 3 is 2.58 bits per heavy atom. The molecule has 3 nitrogen and oxygen atoms in total. The second-order valence-electron chi connectivity index (χ2n) is 7.29. The number of aryl methyl sites for hydroxylation is 3. The lowest BCUT2D eigenvalue weighted by molar-refractivity contribution is -0.121. The summed E-state index contributed by atoms with van der Waals surface area (Å²) in [5, 5.41) is 3.11. The lowest BCUT2D eigenvalue weighted by atomic mass is 9.89. The van der Waals surface area contributed by atoms with Crippen LogP contribution in [0.2, 0.25) is 0 Å². The first kappa shape index (κ1) is 18.5. The van der Waals surface area contributed by atoms with Crippen LogP contribution in [-0.2, 0) is 17.6 Å². The van der Waals surface area contributed by atoms with Gasteiger partial charge in [-0.05, 0) is 74.8 Å². The summed E-state index contributed by atoms with van der Waals surface area (Å²) in [4.78, 5) is 12.2. The Kier molecular flexibility index (Phi) is 6.32. The zero-order chi connectivity index (χ0) is 18.4. The van der Waals surface area contributed by atoms with Crippen molar-refractivity contribution in [3.05, 3.63) is 64.7 Å². The number of benzene rings is 2. The summed E-state index contributed by atoms with van der Waals surface area (Å²) in [5.74, 6) is 0.946. The van der Waals surface area contributed by atoms with Gasteiger partial charge in [0.05, 0.1) is 12.6 Å². The van der Waals surface area contributed by atoms with Crippen molar-refractivity contribution in [1.29, 1.82) is 0 Å². The predicted molar refractivity (Wildman–Crippen MR) is 106 cm³/mol. The molecule has 1 N–H and O–H groups in total. The molecule has 1 amide bonds. The van der Waals surface area contributed by atoms with E-state index in [4.69, 9.17) is 4.74 Å². The van der Waals surface area contributed by atoms with Crippen LogP contribution < -0.4 is 10.1 Å². The highest BCUT2D eigenvalue weighted by Gasteiger charge is 2.14. The number of carbonyl (C=O) groups excluding carboxylic acids is 1. The molecule has 0 radical (unpaired) electrons. The van der Waals surface area contributed by atoms with Crippen molar-refractivity contribution < 1.29 is 9.53 Å². The predicted octanol–water partition coefficient (Wildman–Crippen LogP) is 4.91. The maximum Gasteiger partial charge on any atom is 0.220 e. The van der Waals surface area contributed by atoms with Crippen LogP contribution in [0.3, 0.4) is 0 Å². The molecule has 0 saturated heterocycles. The summed E-state index contributed by atoms with van der Waals surface area (Å²) < 4.78 is 5.68. The minimum atomic E-state index is 0.0488. The van der Waals surface area contributed by atoms with Crippen LogP contribution in [0.5, 0.6) is 5.75 Å². The van der Waals surface area contributed by atoms with Crippen molar-refractivity contribution in [3.8, 4) is 5.75 Å². The number of carbonyl (C=O) groups is 1. The van der Waals surface area contributed by atoms with E-state index in [9.17, 15) is 4.79 Å². The highest BCUT2D eigenvalue weighted by Crippen LogP contribution is 2.24. The van der Waals surface area contributed by atoms with Gasteiger partial charge in [-0.1, -0.05) is 35.9 Å². The van der Waals surface area contributed by atoms with Crippen LogP contribution in [0.1, 0.15) is 60.9 Å². The van der Waals surface area contributed by atoms with Gasteiger partial charge in [-0.3, -0.25) is 4.79 Å². The zero-order valence-electron chi connectivity index (χ0n) is 15.9. The number of amides is 1. The van der Waals surface area contributed by atoms with E-state index in [2.05, 4.69) is 37.4 Å². The average molecular weight is 351 g/mol. The number of nitrogens with one attached hydrogen (secondary N) is 1. The summed E-state index contributed by atoms with van der Waals surface area (Å²) in [7, 11) is 0. The van der Waals surface area contributed by atoms with E-state index < -0.39 is 0 Å². The number of fused-ring (bicyclic) bond motifs is 1. The molecule has 0 saturated carbocycles. The number of rotatable bonds is 7. The number of ether oxygens (including phenoxy) is 1. The quantitative estimate of drug-likeness (QED) is 0.720. The molecule has 0 heterocycles. The van der Waals surface area contributed by atoms with Crippen LogP contribution in [0.15, 0.2) is 42.5 Å². The molecular weight excluding hydrogens is 322 g/mol. The third-order valence-corrected chi connectivity index (χ3v) is 5.09. The van der Waals surface area contributed by atoms with E-state index in [0.717, 1.165) is 12.2 Å². The Morgan fingerprint density at radius 1 is 1.08 bits per heavy atom. The minimum Gasteiger partial charge on any atom is -0.494 e. The Labute approximate surface area is 156 Å². The summed E-state index contributed by atoms with van der Waals surface area (Å²) in [6.45, 7) is 4.67. The van der Waals surface area contributed by atoms with Crippen molar-refractivity contribution in [1.82, 2.24) is 5.32 Å². The van der Waals surface area contributed by atoms with Gasteiger partial charge in [-0.25, -0.2) is 0 Å². The Hall–Kier alpha value is -2.29. The van der Waals surface area contributed by atoms with Gasteiger partial charge in [-0.15, -0.1) is 0 Å². The first-order valence-corrected chi connectivity index (χ1v) is 9.72. The topological polar surface area (TPSA) is 38.3 Å². The second kappa shape index (κ2) is 8.88. The van der Waals surface area contributed by atoms with Gasteiger partial charge in [0.25, 0.3) is 0 Å². The Morgan fingerprint density at radius 2 is 1.81 bits per heavy atom. The third kappa shape index (κ3) is 5.10. The second-order valence-corrected chi connectivity index (χ2v) is 7.29. The average Bonchev–Trinajstić information content (AvgIpc) is 2.66. The maximum atomic E-state index is 12.2. The number of hydrogen-bond donors (Lipinski definition) is 1. The lowest BCUT2D eigenvalue weighted by Gasteiger charge is -2.20. The normalized spacial score (nSPS) is 14.4. The van der Waals surface area contributed by atoms with E-state index in [1.807, 2.05) is 24.3 Å². The fourth-order valence-electron chi connectivity index (χ4n) is 3.48. The molecule has 1 atom stereocenters. The monoisotopic (exact) mass is 351 g/mol. The molecule has 2 aromatic rings. The summed E-state index contributed by atoms with van der Waals surface area (Å²) in [6, 6.07) is 14.7. The van der Waals surface area contributed by atoms with E-state index in [-0.39, 0.29) is 11.9 Å². The Bertz CT molecular complexity index is 736. The molecule has 3 heteroatoms. The molecule has 2 aromatic carbocycles. The van der Waals surface area contributed by atoms with Crippen LogP contribution in [-0.4, -0.2) is 12.5 Å². The molecule has 1 aliphatic carbocycles. The highest BCUT2D eigenvalue weighted by molar-refractivity contribution is 5.76. The Balaban J connectivity index is 1.42. The fourth-order valence-corrected chi connectivity index (χ4v) is 3.48. The zero-order valence-corrected chi connectivity index (χ0v) is 15.9. The van der Waals surface area contributed by atoms with E-state index >= 15 is 0 Å². The SMILES string of the molecule is Cc1ccc(OCCCC(=O)N[C@@H](C)c2ccc3c(c2)CCCC3)cc1. The lowest BCUT2D eigenvalue weighted by Crippen LogP contribution is -2.27. The van der Waals surface area contributed by atoms with Gasteiger partial charge < -0.3 is 10.1 Å². The molecule has 0 fully saturated rings. The minimum absolute atomic E-state index is 0.0488. The fraction of sp³-hybridized carbons (Fsp3) is 0.435. The maximum absolute atomic E-state index is 12.2. The van der Waals surface area contributed by atoms with Gasteiger partial charge in [0, 0.05) is 6.42 Å². The van der Waals surface area contributed by atoms with Crippen LogP contribution in [0.25, 0.3) is 0 Å². The van der Waals surface area contributed by atoms with Crippen molar-refractivity contribution in [2.75, 3.05) is 6.61 Å². The number of hydrogen-bond acceptors (Lipinski definition) is 2. The van der Waals surface area contributed by atoms with Crippen LogP contribution >= 0.6 is 0 Å². The standard InChI is InChI=1S/C23H29NO2/c1-17-9-13-22(14-10-17)26-15-5-8-23(25)24-18(2)20-12-11-19-6-3-4-7-21(19)16-20/h9-14,16,18H,3-8,15H2,1-2H3,(H,24,25)/t18-/m0/s1. The van der Waals surface area contributed by atoms with Gasteiger partial charge in [0.15, 0.2) is 0 Å². The molecular formula is C23H29NO2. The van der Waals surface area contributed by atoms with Crippen LogP contribution in [0.4, 0.5) is 0 Å². The van der Waals surface area contributed by atoms with E-state index in [1.54, 1.807) is 0 Å². The van der Waals surface area contributed by atoms with Gasteiger partial charge in [0.2, 0.25) is 5.91 Å². The first-order valence-electron chi connectivity index (χ1n) is 9.72. The van der Waals surface area contributed by atoms with Gasteiger partial charge >= 0.3 is 0 Å². The molecule has 1 aliphatic rings. The molecule has 0 aliphatic heterocycles. The van der Waals surface area contributed by atoms with Crippen molar-refractivity contribution in [2.45, 2.75) is 58.4 Å². The molecule has 138 valence electrons. The molecule has 26 heavy (non-hydrogen) atoms. The summed E-state index contributed by atoms with van der Waals surface area (Å²) >= 11 is 0. The largest absolute Gasteiger partial charge is 0.494 e. The van der Waals surface area contributed by atoms with Crippen molar-refractivity contribution in [2.24, 2.45) is 0 Å². The highest BCUT2D eigenvalue weighted by atomic mass is 16.5. The molecule has 0 unspecified atom stereocenters. The van der Waals surface area contributed by atoms with Gasteiger partial charge in [-0.2, -0.15) is 0 Å². The summed E-state index contributed by atoms with van der Waals surface area (Å²) in [6.07, 6.45) is 6.14. The smallest absolute Gasteiger partial charge is 0.220 e. The third-order valence-electron chi connectivity index (χ3n) is 5.09. The van der Waals surface area contributed by atoms with E-state index in [0.29, 0.717) is 13.0 Å². The van der Waals surface area contributed by atoms with Crippen molar-refractivity contribution in [3.63, 3.8) is 0 Å². The molecule has 0 spiro atoms. The summed E-state index contributed by atoms with van der Waals surface area (Å²) in [5.41, 5.74) is 5.36. The molecule has 3 rings (SSSR count). The van der Waals surface area contributed by atoms with E-state index in [1.165, 1.54) is 47.9 Å². The molecule has 0 aromatic heterocycles. The van der Waals surface area contributed by atoms with Crippen LogP contribution in [0, 0.1) is 6.92 Å². The van der Waals surface area contributed by atoms with Crippen molar-refractivity contribution >= 4 is 5.91 Å². The van der Waals surface area contributed by atoms with Gasteiger partial charge in [0.1, 0.15) is 5.75 Å².